The molecule has 45 valence electrons. The average Bonchev–Trinajstić information content (AvgIpc) is 2.33. The van der Waals surface area contributed by atoms with Crippen LogP contribution in [0.5, 0.6) is 0 Å². The fourth-order valence-electron chi connectivity index (χ4n) is 1.18. The standard InChI is InChI=1S/C8H8N/c1-2-4-8-7(3-1)5-6-9-8/h1-3,5-6,8H,4H2. The maximum absolute atomic E-state index is 4.26. The van der Waals surface area contributed by atoms with E-state index in [-0.39, 0.29) is 0 Å². The summed E-state index contributed by atoms with van der Waals surface area (Å²) >= 11 is 0. The number of allylic oxidation sites excluding steroid dienone is 2. The van der Waals surface area contributed by atoms with Crippen LogP contribution in [0.4, 0.5) is 0 Å². The molecule has 1 aliphatic carbocycles. The van der Waals surface area contributed by atoms with Gasteiger partial charge in [0.2, 0.25) is 0 Å². The maximum atomic E-state index is 4.26. The minimum Gasteiger partial charge on any atom is -0.285 e. The van der Waals surface area contributed by atoms with E-state index < -0.39 is 0 Å². The first-order chi connectivity index (χ1) is 4.47. The molecule has 0 aromatic rings. The SMILES string of the molecule is C1=CCC2[N]C=CC2=C1. The molecule has 1 unspecified atom stereocenters. The lowest BCUT2D eigenvalue weighted by atomic mass is 10.0. The van der Waals surface area contributed by atoms with Crippen molar-refractivity contribution in [1.29, 1.82) is 0 Å². The summed E-state index contributed by atoms with van der Waals surface area (Å²) in [6.07, 6.45) is 11.4. The molecule has 1 radical (unpaired) electrons. The van der Waals surface area contributed by atoms with Gasteiger partial charge in [0.1, 0.15) is 0 Å². The lowest BCUT2D eigenvalue weighted by Crippen LogP contribution is -2.14. The van der Waals surface area contributed by atoms with Gasteiger partial charge in [-0.1, -0.05) is 18.2 Å². The second kappa shape index (κ2) is 1.76. The third-order valence-electron chi connectivity index (χ3n) is 1.70. The van der Waals surface area contributed by atoms with Crippen molar-refractivity contribution in [2.45, 2.75) is 12.5 Å². The van der Waals surface area contributed by atoms with E-state index in [2.05, 4.69) is 29.6 Å². The molecule has 1 heteroatoms. The lowest BCUT2D eigenvalue weighted by Gasteiger charge is -2.10. The Morgan fingerprint density at radius 1 is 1.56 bits per heavy atom. The summed E-state index contributed by atoms with van der Waals surface area (Å²) < 4.78 is 0. The predicted molar refractivity (Wildman–Crippen MR) is 36.9 cm³/mol. The zero-order valence-corrected chi connectivity index (χ0v) is 5.12. The fraction of sp³-hybridized carbons (Fsp3) is 0.250. The first-order valence-electron chi connectivity index (χ1n) is 3.20. The summed E-state index contributed by atoms with van der Waals surface area (Å²) in [5.74, 6) is 0. The molecule has 1 atom stereocenters. The summed E-state index contributed by atoms with van der Waals surface area (Å²) in [6, 6.07) is 0.454. The molecule has 0 N–H and O–H groups in total. The number of hydrogen-bond donors (Lipinski definition) is 0. The van der Waals surface area contributed by atoms with Gasteiger partial charge in [0, 0.05) is 6.20 Å². The zero-order chi connectivity index (χ0) is 6.10. The van der Waals surface area contributed by atoms with E-state index in [1.807, 2.05) is 6.20 Å². The maximum Gasteiger partial charge on any atom is 0.0784 e. The lowest BCUT2D eigenvalue weighted by molar-refractivity contribution is 0.697. The molecule has 0 amide bonds. The van der Waals surface area contributed by atoms with Crippen LogP contribution >= 0.6 is 0 Å². The monoisotopic (exact) mass is 118 g/mol. The molecule has 0 saturated carbocycles. The van der Waals surface area contributed by atoms with Gasteiger partial charge in [0.15, 0.2) is 0 Å². The average molecular weight is 118 g/mol. The second-order valence-corrected chi connectivity index (χ2v) is 2.31. The summed E-state index contributed by atoms with van der Waals surface area (Å²) in [7, 11) is 0. The van der Waals surface area contributed by atoms with Gasteiger partial charge < -0.3 is 0 Å². The highest BCUT2D eigenvalue weighted by Crippen LogP contribution is 2.19. The van der Waals surface area contributed by atoms with E-state index in [0.717, 1.165) is 6.42 Å². The molecular weight excluding hydrogens is 110 g/mol. The molecular formula is C8H8N. The number of fused-ring (bicyclic) bond motifs is 1. The van der Waals surface area contributed by atoms with Gasteiger partial charge >= 0.3 is 0 Å². The van der Waals surface area contributed by atoms with Crippen molar-refractivity contribution in [3.05, 3.63) is 36.1 Å². The van der Waals surface area contributed by atoms with Gasteiger partial charge in [-0.2, -0.15) is 0 Å². The van der Waals surface area contributed by atoms with Crippen LogP contribution in [0.3, 0.4) is 0 Å². The van der Waals surface area contributed by atoms with E-state index in [4.69, 9.17) is 0 Å². The number of hydrogen-bond acceptors (Lipinski definition) is 0. The summed E-state index contributed by atoms with van der Waals surface area (Å²) in [5.41, 5.74) is 1.36. The molecule has 9 heavy (non-hydrogen) atoms. The highest BCUT2D eigenvalue weighted by molar-refractivity contribution is 5.36. The summed E-state index contributed by atoms with van der Waals surface area (Å²) in [6.45, 7) is 0. The minimum absolute atomic E-state index is 0.454. The normalized spacial score (nSPS) is 29.3. The molecule has 0 spiro atoms. The summed E-state index contributed by atoms with van der Waals surface area (Å²) in [4.78, 5) is 0. The van der Waals surface area contributed by atoms with Gasteiger partial charge in [-0.25, -0.2) is 0 Å². The molecule has 0 saturated heterocycles. The molecule has 0 bridgehead atoms. The number of nitrogens with zero attached hydrogens (tertiary/aromatic N) is 1. The molecule has 1 nitrogen and oxygen atoms in total. The fourth-order valence-corrected chi connectivity index (χ4v) is 1.18. The van der Waals surface area contributed by atoms with E-state index in [0.29, 0.717) is 6.04 Å². The van der Waals surface area contributed by atoms with Crippen molar-refractivity contribution in [3.8, 4) is 0 Å². The Hall–Kier alpha value is -0.980. The Kier molecular flexibility index (Phi) is 0.950. The van der Waals surface area contributed by atoms with Crippen LogP contribution in [0.15, 0.2) is 36.1 Å². The highest BCUT2D eigenvalue weighted by atomic mass is 14.9. The second-order valence-electron chi connectivity index (χ2n) is 2.31. The van der Waals surface area contributed by atoms with Crippen molar-refractivity contribution >= 4 is 0 Å². The largest absolute Gasteiger partial charge is 0.285 e. The van der Waals surface area contributed by atoms with Crippen molar-refractivity contribution in [2.75, 3.05) is 0 Å². The molecule has 2 rings (SSSR count). The third kappa shape index (κ3) is 0.689. The first-order valence-corrected chi connectivity index (χ1v) is 3.20. The van der Waals surface area contributed by atoms with E-state index in [1.54, 1.807) is 0 Å². The van der Waals surface area contributed by atoms with Gasteiger partial charge in [-0.15, -0.1) is 0 Å². The topological polar surface area (TPSA) is 14.1 Å². The van der Waals surface area contributed by atoms with Crippen LogP contribution in [0, 0.1) is 0 Å². The molecule has 1 aliphatic heterocycles. The molecule has 0 aromatic heterocycles. The van der Waals surface area contributed by atoms with Crippen molar-refractivity contribution in [1.82, 2.24) is 5.32 Å². The third-order valence-corrected chi connectivity index (χ3v) is 1.70. The first kappa shape index (κ1) is 4.86. The van der Waals surface area contributed by atoms with Crippen LogP contribution in [0.2, 0.25) is 0 Å². The zero-order valence-electron chi connectivity index (χ0n) is 5.12. The Morgan fingerprint density at radius 3 is 3.44 bits per heavy atom. The Morgan fingerprint density at radius 2 is 2.56 bits per heavy atom. The molecule has 0 aromatic carbocycles. The highest BCUT2D eigenvalue weighted by Gasteiger charge is 2.16. The van der Waals surface area contributed by atoms with E-state index in [1.165, 1.54) is 5.57 Å². The van der Waals surface area contributed by atoms with Crippen LogP contribution in [0.1, 0.15) is 6.42 Å². The van der Waals surface area contributed by atoms with Gasteiger partial charge in [0.05, 0.1) is 6.04 Å². The number of rotatable bonds is 0. The minimum atomic E-state index is 0.454. The van der Waals surface area contributed by atoms with Crippen LogP contribution in [-0.2, 0) is 0 Å². The molecule has 1 heterocycles. The van der Waals surface area contributed by atoms with Crippen molar-refractivity contribution < 1.29 is 0 Å². The Bertz CT molecular complexity index is 199. The quantitative estimate of drug-likeness (QED) is 0.456. The smallest absolute Gasteiger partial charge is 0.0784 e. The van der Waals surface area contributed by atoms with Gasteiger partial charge in [-0.3, -0.25) is 5.32 Å². The van der Waals surface area contributed by atoms with Crippen molar-refractivity contribution in [2.24, 2.45) is 0 Å². The van der Waals surface area contributed by atoms with Crippen molar-refractivity contribution in [3.63, 3.8) is 0 Å². The van der Waals surface area contributed by atoms with Gasteiger partial charge in [-0.05, 0) is 18.1 Å². The van der Waals surface area contributed by atoms with E-state index in [9.17, 15) is 0 Å². The van der Waals surface area contributed by atoms with Crippen LogP contribution < -0.4 is 5.32 Å². The van der Waals surface area contributed by atoms with Crippen LogP contribution in [-0.4, -0.2) is 6.04 Å². The summed E-state index contributed by atoms with van der Waals surface area (Å²) in [5, 5.41) is 4.26. The van der Waals surface area contributed by atoms with E-state index >= 15 is 0 Å². The van der Waals surface area contributed by atoms with Crippen LogP contribution in [0.25, 0.3) is 0 Å². The predicted octanol–water partition coefficient (Wildman–Crippen LogP) is 1.37. The Labute approximate surface area is 54.8 Å². The Balaban J connectivity index is 2.31. The van der Waals surface area contributed by atoms with Gasteiger partial charge in [0.25, 0.3) is 0 Å². The molecule has 2 aliphatic rings. The molecule has 0 fully saturated rings.